The average Bonchev–Trinajstić information content (AvgIpc) is 2.52. The molecule has 7 nitrogen and oxygen atoms in total. The Balaban J connectivity index is 1.91. The molecule has 1 aromatic carbocycles. The molecule has 0 aliphatic carbocycles. The first-order valence-electron chi connectivity index (χ1n) is 7.25. The second-order valence-electron chi connectivity index (χ2n) is 5.07. The van der Waals surface area contributed by atoms with Crippen molar-refractivity contribution in [2.24, 2.45) is 0 Å². The van der Waals surface area contributed by atoms with Crippen LogP contribution in [0.15, 0.2) is 39.5 Å². The lowest BCUT2D eigenvalue weighted by Crippen LogP contribution is -2.44. The Kier molecular flexibility index (Phi) is 5.35. The number of hydrogen-bond donors (Lipinski definition) is 2. The predicted molar refractivity (Wildman–Crippen MR) is 84.4 cm³/mol. The Hall–Kier alpha value is -2.83. The summed E-state index contributed by atoms with van der Waals surface area (Å²) in [7, 11) is 0. The Morgan fingerprint density at radius 3 is 2.74 bits per heavy atom. The van der Waals surface area contributed by atoms with Crippen molar-refractivity contribution in [1.82, 2.24) is 10.6 Å². The topological polar surface area (TPSA) is 97.6 Å². The molecule has 3 amide bonds. The van der Waals surface area contributed by atoms with Crippen molar-refractivity contribution >= 4 is 22.9 Å². The third-order valence-electron chi connectivity index (χ3n) is 3.21. The van der Waals surface area contributed by atoms with Gasteiger partial charge in [0.1, 0.15) is 11.3 Å². The van der Waals surface area contributed by atoms with Gasteiger partial charge < -0.3 is 14.5 Å². The van der Waals surface area contributed by atoms with Crippen LogP contribution in [0.1, 0.15) is 20.3 Å². The van der Waals surface area contributed by atoms with Gasteiger partial charge in [0, 0.05) is 23.6 Å². The Labute approximate surface area is 132 Å². The minimum absolute atomic E-state index is 0.0212. The van der Waals surface area contributed by atoms with Gasteiger partial charge in [0.05, 0.1) is 0 Å². The lowest BCUT2D eigenvalue weighted by atomic mass is 10.2. The lowest BCUT2D eigenvalue weighted by Gasteiger charge is -2.12. The minimum atomic E-state index is -0.569. The summed E-state index contributed by atoms with van der Waals surface area (Å²) in [5.74, 6) is -0.204. The second kappa shape index (κ2) is 7.44. The van der Waals surface area contributed by atoms with Crippen LogP contribution < -0.4 is 21.0 Å². The largest absolute Gasteiger partial charge is 0.484 e. The third-order valence-corrected chi connectivity index (χ3v) is 3.21. The maximum Gasteiger partial charge on any atom is 0.336 e. The van der Waals surface area contributed by atoms with Gasteiger partial charge in [-0.2, -0.15) is 0 Å². The molecular weight excluding hydrogens is 300 g/mol. The van der Waals surface area contributed by atoms with E-state index in [-0.39, 0.29) is 12.6 Å². The fourth-order valence-electron chi connectivity index (χ4n) is 1.80. The number of imide groups is 1. The van der Waals surface area contributed by atoms with Crippen LogP contribution in [-0.2, 0) is 4.79 Å². The van der Waals surface area contributed by atoms with Crippen LogP contribution in [-0.4, -0.2) is 24.6 Å². The first-order chi connectivity index (χ1) is 11.0. The summed E-state index contributed by atoms with van der Waals surface area (Å²) in [4.78, 5) is 34.3. The van der Waals surface area contributed by atoms with Crippen molar-refractivity contribution in [3.05, 3.63) is 40.8 Å². The van der Waals surface area contributed by atoms with Gasteiger partial charge in [-0.05, 0) is 31.5 Å². The molecular formula is C16H18N2O5. The second-order valence-corrected chi connectivity index (χ2v) is 5.07. The molecule has 0 unspecified atom stereocenters. The van der Waals surface area contributed by atoms with E-state index in [0.717, 1.165) is 11.8 Å². The van der Waals surface area contributed by atoms with E-state index < -0.39 is 17.6 Å². The van der Waals surface area contributed by atoms with Crippen LogP contribution in [0.5, 0.6) is 5.75 Å². The van der Waals surface area contributed by atoms with E-state index in [0.29, 0.717) is 11.3 Å². The third kappa shape index (κ3) is 4.84. The van der Waals surface area contributed by atoms with E-state index in [4.69, 9.17) is 9.15 Å². The molecule has 0 spiro atoms. The zero-order valence-electron chi connectivity index (χ0n) is 12.9. The van der Waals surface area contributed by atoms with Gasteiger partial charge >= 0.3 is 11.7 Å². The maximum absolute atomic E-state index is 11.6. The summed E-state index contributed by atoms with van der Waals surface area (Å²) in [6.07, 6.45) is 0.764. The van der Waals surface area contributed by atoms with Crippen LogP contribution in [0, 0.1) is 0 Å². The number of urea groups is 1. The van der Waals surface area contributed by atoms with E-state index in [1.54, 1.807) is 18.2 Å². The Morgan fingerprint density at radius 2 is 2.00 bits per heavy atom. The molecule has 7 heteroatoms. The predicted octanol–water partition coefficient (Wildman–Crippen LogP) is 1.80. The summed E-state index contributed by atoms with van der Waals surface area (Å²) < 4.78 is 10.3. The summed E-state index contributed by atoms with van der Waals surface area (Å²) >= 11 is 0. The van der Waals surface area contributed by atoms with E-state index in [1.807, 2.05) is 13.8 Å². The van der Waals surface area contributed by atoms with Gasteiger partial charge in [0.2, 0.25) is 0 Å². The molecule has 122 valence electrons. The molecule has 2 rings (SSSR count). The number of fused-ring (bicyclic) bond motifs is 1. The van der Waals surface area contributed by atoms with Crippen molar-refractivity contribution in [2.75, 3.05) is 6.61 Å². The van der Waals surface area contributed by atoms with Crippen molar-refractivity contribution < 1.29 is 18.7 Å². The van der Waals surface area contributed by atoms with Gasteiger partial charge in [-0.3, -0.25) is 10.1 Å². The number of carbonyl (C=O) groups is 2. The monoisotopic (exact) mass is 318 g/mol. The van der Waals surface area contributed by atoms with Crippen molar-refractivity contribution in [3.8, 4) is 5.75 Å². The fourth-order valence-corrected chi connectivity index (χ4v) is 1.80. The van der Waals surface area contributed by atoms with Crippen LogP contribution in [0.2, 0.25) is 0 Å². The van der Waals surface area contributed by atoms with E-state index >= 15 is 0 Å². The number of benzene rings is 1. The van der Waals surface area contributed by atoms with Crippen LogP contribution >= 0.6 is 0 Å². The van der Waals surface area contributed by atoms with Crippen LogP contribution in [0.25, 0.3) is 11.0 Å². The molecule has 1 aromatic heterocycles. The quantitative estimate of drug-likeness (QED) is 0.819. The van der Waals surface area contributed by atoms with Gasteiger partial charge in [-0.15, -0.1) is 0 Å². The number of nitrogens with one attached hydrogen (secondary N) is 2. The molecule has 0 bridgehead atoms. The molecule has 0 aliphatic rings. The van der Waals surface area contributed by atoms with Gasteiger partial charge in [0.25, 0.3) is 5.91 Å². The molecule has 23 heavy (non-hydrogen) atoms. The maximum atomic E-state index is 11.6. The molecule has 2 N–H and O–H groups in total. The molecule has 0 radical (unpaired) electrons. The lowest BCUT2D eigenvalue weighted by molar-refractivity contribution is -0.122. The van der Waals surface area contributed by atoms with Gasteiger partial charge in [-0.25, -0.2) is 9.59 Å². The van der Waals surface area contributed by atoms with Crippen molar-refractivity contribution in [3.63, 3.8) is 0 Å². The first-order valence-corrected chi connectivity index (χ1v) is 7.25. The Bertz CT molecular complexity index is 768. The SMILES string of the molecule is CC[C@@H](C)NC(=O)NC(=O)COc1ccc2ccc(=O)oc2c1. The number of rotatable bonds is 5. The van der Waals surface area contributed by atoms with Crippen LogP contribution in [0.4, 0.5) is 4.79 Å². The highest BCUT2D eigenvalue weighted by Crippen LogP contribution is 2.19. The summed E-state index contributed by atoms with van der Waals surface area (Å²) in [5, 5.41) is 5.53. The standard InChI is InChI=1S/C16H18N2O5/c1-3-10(2)17-16(21)18-14(19)9-22-12-6-4-11-5-7-15(20)23-13(11)8-12/h4-8,10H,3,9H2,1-2H3,(H2,17,18,19,21)/t10-/m1/s1. The normalized spacial score (nSPS) is 11.7. The number of amides is 3. The summed E-state index contributed by atoms with van der Waals surface area (Å²) in [5.41, 5.74) is -0.0981. The Morgan fingerprint density at radius 1 is 1.26 bits per heavy atom. The first kappa shape index (κ1) is 16.5. The highest BCUT2D eigenvalue weighted by Gasteiger charge is 2.10. The average molecular weight is 318 g/mol. The number of hydrogen-bond acceptors (Lipinski definition) is 5. The molecule has 2 aromatic rings. The van der Waals surface area contributed by atoms with Crippen molar-refractivity contribution in [2.45, 2.75) is 26.3 Å². The highest BCUT2D eigenvalue weighted by molar-refractivity contribution is 5.95. The highest BCUT2D eigenvalue weighted by atomic mass is 16.5. The number of carbonyl (C=O) groups excluding carboxylic acids is 2. The number of ether oxygens (including phenoxy) is 1. The van der Waals surface area contributed by atoms with E-state index in [9.17, 15) is 14.4 Å². The zero-order chi connectivity index (χ0) is 16.8. The molecule has 0 saturated heterocycles. The van der Waals surface area contributed by atoms with Gasteiger partial charge in [-0.1, -0.05) is 6.92 Å². The zero-order valence-corrected chi connectivity index (χ0v) is 12.9. The molecule has 0 fully saturated rings. The van der Waals surface area contributed by atoms with Gasteiger partial charge in [0.15, 0.2) is 6.61 Å². The smallest absolute Gasteiger partial charge is 0.336 e. The van der Waals surface area contributed by atoms with Crippen LogP contribution in [0.3, 0.4) is 0 Å². The molecule has 0 saturated carbocycles. The minimum Gasteiger partial charge on any atom is -0.484 e. The molecule has 0 aliphatic heterocycles. The fraction of sp³-hybridized carbons (Fsp3) is 0.312. The summed E-state index contributed by atoms with van der Waals surface area (Å²) in [6, 6.07) is 7.26. The molecule has 1 atom stereocenters. The summed E-state index contributed by atoms with van der Waals surface area (Å²) in [6.45, 7) is 3.44. The van der Waals surface area contributed by atoms with E-state index in [2.05, 4.69) is 10.6 Å². The molecule has 1 heterocycles. The van der Waals surface area contributed by atoms with E-state index in [1.165, 1.54) is 12.1 Å². The van der Waals surface area contributed by atoms with Crippen molar-refractivity contribution in [1.29, 1.82) is 0 Å².